The van der Waals surface area contributed by atoms with Crippen LogP contribution in [-0.2, 0) is 0 Å². The highest BCUT2D eigenvalue weighted by molar-refractivity contribution is 7.80. The van der Waals surface area contributed by atoms with E-state index < -0.39 is 0 Å². The topological polar surface area (TPSA) is 80.9 Å². The highest BCUT2D eigenvalue weighted by Gasteiger charge is 2.15. The molecule has 0 bridgehead atoms. The summed E-state index contributed by atoms with van der Waals surface area (Å²) < 4.78 is 0. The number of carbonyl (C=O) groups excluding carboxylic acids is 1. The third kappa shape index (κ3) is 3.23. The molecule has 0 saturated heterocycles. The average Bonchev–Trinajstić information content (AvgIpc) is 2.26. The molecule has 1 rings (SSSR count). The van der Waals surface area contributed by atoms with Crippen LogP contribution in [0.15, 0.2) is 12.4 Å². The van der Waals surface area contributed by atoms with Gasteiger partial charge in [0, 0.05) is 6.20 Å². The Balaban J connectivity index is 2.71. The number of nitrogens with zero attached hydrogens (tertiary/aromatic N) is 2. The number of hydrogen-bond acceptors (Lipinski definition) is 4. The molecule has 0 aliphatic rings. The summed E-state index contributed by atoms with van der Waals surface area (Å²) in [5, 5.41) is 2.69. The molecule has 1 amide bonds. The second-order valence-electron chi connectivity index (χ2n) is 3.38. The number of carbonyl (C=O) groups is 1. The maximum absolute atomic E-state index is 11.7. The Morgan fingerprint density at radius 2 is 2.25 bits per heavy atom. The van der Waals surface area contributed by atoms with E-state index in [1.165, 1.54) is 12.4 Å². The number of nitrogens with two attached hydrogens (primary N) is 1. The van der Waals surface area contributed by atoms with Gasteiger partial charge in [0.2, 0.25) is 0 Å². The fraction of sp³-hybridized carbons (Fsp3) is 0.400. The zero-order valence-corrected chi connectivity index (χ0v) is 10.0. The van der Waals surface area contributed by atoms with Crippen molar-refractivity contribution in [2.75, 3.05) is 0 Å². The zero-order valence-electron chi connectivity index (χ0n) is 9.23. The van der Waals surface area contributed by atoms with Gasteiger partial charge in [0.1, 0.15) is 5.69 Å². The molecule has 6 heteroatoms. The van der Waals surface area contributed by atoms with Crippen LogP contribution < -0.4 is 11.1 Å². The molecule has 1 atom stereocenters. The Morgan fingerprint density at radius 3 is 2.69 bits per heavy atom. The molecule has 16 heavy (non-hydrogen) atoms. The molecule has 1 unspecified atom stereocenters. The Bertz CT molecular complexity index is 390. The quantitative estimate of drug-likeness (QED) is 0.750. The van der Waals surface area contributed by atoms with Crippen molar-refractivity contribution < 1.29 is 4.79 Å². The molecule has 1 aromatic rings. The van der Waals surface area contributed by atoms with Crippen molar-refractivity contribution in [2.45, 2.75) is 26.3 Å². The average molecular weight is 238 g/mol. The van der Waals surface area contributed by atoms with Crippen molar-refractivity contribution in [3.8, 4) is 0 Å². The maximum Gasteiger partial charge on any atom is 0.272 e. The van der Waals surface area contributed by atoms with E-state index in [9.17, 15) is 4.79 Å². The minimum atomic E-state index is -0.313. The second kappa shape index (κ2) is 5.50. The van der Waals surface area contributed by atoms with Gasteiger partial charge in [0.15, 0.2) is 0 Å². The predicted octanol–water partition coefficient (Wildman–Crippen LogP) is 0.580. The Hall–Kier alpha value is -1.56. The number of amides is 1. The van der Waals surface area contributed by atoms with Crippen molar-refractivity contribution in [2.24, 2.45) is 5.73 Å². The lowest BCUT2D eigenvalue weighted by atomic mass is 10.2. The summed E-state index contributed by atoms with van der Waals surface area (Å²) in [5.74, 6) is -0.313. The summed E-state index contributed by atoms with van der Waals surface area (Å²) in [6.07, 6.45) is 3.62. The van der Waals surface area contributed by atoms with Gasteiger partial charge in [-0.05, 0) is 13.3 Å². The molecule has 0 radical (unpaired) electrons. The lowest BCUT2D eigenvalue weighted by Crippen LogP contribution is -2.43. The fourth-order valence-corrected chi connectivity index (χ4v) is 1.34. The normalized spacial score (nSPS) is 11.9. The molecule has 0 spiro atoms. The van der Waals surface area contributed by atoms with Crippen LogP contribution in [0.5, 0.6) is 0 Å². The van der Waals surface area contributed by atoms with Crippen LogP contribution in [-0.4, -0.2) is 26.9 Å². The highest BCUT2D eigenvalue weighted by atomic mass is 32.1. The van der Waals surface area contributed by atoms with Crippen molar-refractivity contribution in [1.82, 2.24) is 15.3 Å². The lowest BCUT2D eigenvalue weighted by Gasteiger charge is -2.14. The van der Waals surface area contributed by atoms with Crippen LogP contribution >= 0.6 is 12.2 Å². The number of aromatic nitrogens is 2. The van der Waals surface area contributed by atoms with Crippen molar-refractivity contribution in [3.05, 3.63) is 23.8 Å². The number of aryl methyl sites for hydroxylation is 1. The molecule has 0 fully saturated rings. The third-order valence-corrected chi connectivity index (χ3v) is 2.36. The van der Waals surface area contributed by atoms with Crippen LogP contribution in [0.25, 0.3) is 0 Å². The monoisotopic (exact) mass is 238 g/mol. The largest absolute Gasteiger partial charge is 0.392 e. The summed E-state index contributed by atoms with van der Waals surface area (Å²) in [5.41, 5.74) is 6.50. The first kappa shape index (κ1) is 12.5. The first-order chi connectivity index (χ1) is 7.54. The van der Waals surface area contributed by atoms with Gasteiger partial charge in [-0.2, -0.15) is 0 Å². The van der Waals surface area contributed by atoms with E-state index in [1.54, 1.807) is 6.92 Å². The molecule has 1 aromatic heterocycles. The van der Waals surface area contributed by atoms with E-state index in [1.807, 2.05) is 6.92 Å². The Labute approximate surface area is 99.5 Å². The number of rotatable bonds is 4. The fourth-order valence-electron chi connectivity index (χ4n) is 1.12. The van der Waals surface area contributed by atoms with E-state index in [4.69, 9.17) is 18.0 Å². The van der Waals surface area contributed by atoms with Gasteiger partial charge in [-0.1, -0.05) is 19.1 Å². The molecule has 3 N–H and O–H groups in total. The van der Waals surface area contributed by atoms with E-state index in [-0.39, 0.29) is 22.6 Å². The summed E-state index contributed by atoms with van der Waals surface area (Å²) in [6, 6.07) is -0.300. The summed E-state index contributed by atoms with van der Waals surface area (Å²) in [4.78, 5) is 19.9. The first-order valence-electron chi connectivity index (χ1n) is 4.93. The molecular formula is C10H14N4OS. The van der Waals surface area contributed by atoms with Crippen LogP contribution in [0, 0.1) is 6.92 Å². The van der Waals surface area contributed by atoms with Gasteiger partial charge >= 0.3 is 0 Å². The van der Waals surface area contributed by atoms with Crippen LogP contribution in [0.1, 0.15) is 29.5 Å². The summed E-state index contributed by atoms with van der Waals surface area (Å²) >= 11 is 4.83. The van der Waals surface area contributed by atoms with Gasteiger partial charge in [0.25, 0.3) is 5.91 Å². The second-order valence-corrected chi connectivity index (χ2v) is 3.85. The first-order valence-corrected chi connectivity index (χ1v) is 5.34. The molecule has 1 heterocycles. The van der Waals surface area contributed by atoms with Crippen LogP contribution in [0.3, 0.4) is 0 Å². The van der Waals surface area contributed by atoms with Gasteiger partial charge in [-0.15, -0.1) is 0 Å². The molecule has 0 aliphatic heterocycles. The van der Waals surface area contributed by atoms with E-state index >= 15 is 0 Å². The Kier molecular flexibility index (Phi) is 4.30. The molecule has 0 saturated carbocycles. The van der Waals surface area contributed by atoms with E-state index in [2.05, 4.69) is 15.3 Å². The smallest absolute Gasteiger partial charge is 0.272 e. The van der Waals surface area contributed by atoms with E-state index in [0.29, 0.717) is 6.42 Å². The summed E-state index contributed by atoms with van der Waals surface area (Å²) in [7, 11) is 0. The van der Waals surface area contributed by atoms with Crippen molar-refractivity contribution in [1.29, 1.82) is 0 Å². The zero-order chi connectivity index (χ0) is 12.1. The SMILES string of the molecule is CCC(NC(=O)c1cnc(C)cn1)C(N)=S. The minimum Gasteiger partial charge on any atom is -0.392 e. The third-order valence-electron chi connectivity index (χ3n) is 2.07. The highest BCUT2D eigenvalue weighted by Crippen LogP contribution is 1.97. The predicted molar refractivity (Wildman–Crippen MR) is 65.1 cm³/mol. The number of nitrogens with one attached hydrogen (secondary N) is 1. The van der Waals surface area contributed by atoms with Gasteiger partial charge in [0.05, 0.1) is 22.9 Å². The molecule has 0 aliphatic carbocycles. The van der Waals surface area contributed by atoms with E-state index in [0.717, 1.165) is 5.69 Å². The van der Waals surface area contributed by atoms with Crippen LogP contribution in [0.4, 0.5) is 0 Å². The molecule has 86 valence electrons. The lowest BCUT2D eigenvalue weighted by molar-refractivity contribution is 0.0941. The molecular weight excluding hydrogens is 224 g/mol. The number of thiocarbonyl (C=S) groups is 1. The molecule has 5 nitrogen and oxygen atoms in total. The van der Waals surface area contributed by atoms with Gasteiger partial charge in [-0.3, -0.25) is 9.78 Å². The summed E-state index contributed by atoms with van der Waals surface area (Å²) in [6.45, 7) is 3.70. The van der Waals surface area contributed by atoms with Gasteiger partial charge < -0.3 is 11.1 Å². The minimum absolute atomic E-state index is 0.264. The van der Waals surface area contributed by atoms with Crippen molar-refractivity contribution >= 4 is 23.1 Å². The van der Waals surface area contributed by atoms with Crippen molar-refractivity contribution in [3.63, 3.8) is 0 Å². The number of hydrogen-bond donors (Lipinski definition) is 2. The van der Waals surface area contributed by atoms with Gasteiger partial charge in [-0.25, -0.2) is 4.98 Å². The molecule has 0 aromatic carbocycles. The standard InChI is InChI=1S/C10H14N4OS/c1-3-7(9(11)16)14-10(15)8-5-12-6(2)4-13-8/h4-5,7H,3H2,1-2H3,(H2,11,16)(H,14,15). The van der Waals surface area contributed by atoms with Crippen LogP contribution in [0.2, 0.25) is 0 Å². The Morgan fingerprint density at radius 1 is 1.56 bits per heavy atom. The maximum atomic E-state index is 11.7.